The van der Waals surface area contributed by atoms with E-state index in [2.05, 4.69) is 9.97 Å². The first-order chi connectivity index (χ1) is 12.1. The van der Waals surface area contributed by atoms with Gasteiger partial charge in [-0.15, -0.1) is 0 Å². The lowest BCUT2D eigenvalue weighted by molar-refractivity contribution is -0.385. The molecule has 0 N–H and O–H groups in total. The predicted octanol–water partition coefficient (Wildman–Crippen LogP) is 1.75. The van der Waals surface area contributed by atoms with E-state index in [1.165, 1.54) is 18.2 Å². The summed E-state index contributed by atoms with van der Waals surface area (Å²) in [4.78, 5) is 35.0. The Balaban J connectivity index is 1.61. The third kappa shape index (κ3) is 3.97. The summed E-state index contributed by atoms with van der Waals surface area (Å²) in [6.45, 7) is 2.40. The van der Waals surface area contributed by atoms with E-state index in [1.54, 1.807) is 41.6 Å². The average molecular weight is 339 g/mol. The predicted molar refractivity (Wildman–Crippen MR) is 93.0 cm³/mol. The quantitative estimate of drug-likeness (QED) is 0.479. The monoisotopic (exact) mass is 339 g/mol. The first-order valence-electron chi connectivity index (χ1n) is 7.87. The van der Waals surface area contributed by atoms with Crippen LogP contribution in [-0.2, 0) is 4.79 Å². The number of nitro benzene ring substituents is 1. The van der Waals surface area contributed by atoms with Crippen LogP contribution in [0.5, 0.6) is 0 Å². The van der Waals surface area contributed by atoms with Crippen LogP contribution in [0.15, 0.2) is 48.8 Å². The van der Waals surface area contributed by atoms with Crippen molar-refractivity contribution in [1.29, 1.82) is 0 Å². The number of nitrogens with zero attached hydrogens (tertiary/aromatic N) is 5. The molecule has 8 heteroatoms. The number of carbonyl (C=O) groups is 1. The third-order valence-corrected chi connectivity index (χ3v) is 3.97. The van der Waals surface area contributed by atoms with Gasteiger partial charge in [-0.1, -0.05) is 12.1 Å². The van der Waals surface area contributed by atoms with E-state index in [-0.39, 0.29) is 11.6 Å². The van der Waals surface area contributed by atoms with E-state index in [9.17, 15) is 14.9 Å². The normalized spacial score (nSPS) is 14.7. The van der Waals surface area contributed by atoms with Crippen molar-refractivity contribution in [3.8, 4) is 0 Å². The number of amides is 1. The van der Waals surface area contributed by atoms with Crippen molar-refractivity contribution in [3.05, 3.63) is 64.5 Å². The number of nitro groups is 1. The van der Waals surface area contributed by atoms with E-state index < -0.39 is 4.92 Å². The van der Waals surface area contributed by atoms with Crippen molar-refractivity contribution >= 4 is 23.6 Å². The number of benzene rings is 1. The fraction of sp³-hybridized carbons (Fsp3) is 0.235. The van der Waals surface area contributed by atoms with Crippen LogP contribution in [0.1, 0.15) is 5.56 Å². The van der Waals surface area contributed by atoms with Crippen LogP contribution in [0, 0.1) is 10.1 Å². The fourth-order valence-electron chi connectivity index (χ4n) is 2.64. The van der Waals surface area contributed by atoms with Crippen molar-refractivity contribution in [1.82, 2.24) is 14.9 Å². The van der Waals surface area contributed by atoms with Crippen LogP contribution >= 0.6 is 0 Å². The highest BCUT2D eigenvalue weighted by molar-refractivity contribution is 5.92. The molecule has 0 spiro atoms. The zero-order valence-electron chi connectivity index (χ0n) is 13.5. The van der Waals surface area contributed by atoms with Gasteiger partial charge in [0.2, 0.25) is 11.9 Å². The molecule has 2 heterocycles. The number of piperazine rings is 1. The lowest BCUT2D eigenvalue weighted by Gasteiger charge is -2.34. The van der Waals surface area contributed by atoms with Gasteiger partial charge in [0.05, 0.1) is 10.5 Å². The fourth-order valence-corrected chi connectivity index (χ4v) is 2.64. The van der Waals surface area contributed by atoms with Crippen molar-refractivity contribution in [2.45, 2.75) is 0 Å². The maximum absolute atomic E-state index is 12.3. The molecule has 1 aliphatic heterocycles. The Morgan fingerprint density at radius 3 is 2.44 bits per heavy atom. The Morgan fingerprint density at radius 2 is 1.76 bits per heavy atom. The molecule has 2 aromatic rings. The number of hydrogen-bond donors (Lipinski definition) is 0. The van der Waals surface area contributed by atoms with Crippen molar-refractivity contribution in [3.63, 3.8) is 0 Å². The van der Waals surface area contributed by atoms with Gasteiger partial charge in [-0.2, -0.15) is 0 Å². The van der Waals surface area contributed by atoms with Crippen molar-refractivity contribution in [2.24, 2.45) is 0 Å². The molecule has 0 unspecified atom stereocenters. The highest BCUT2D eigenvalue weighted by Gasteiger charge is 2.21. The summed E-state index contributed by atoms with van der Waals surface area (Å²) < 4.78 is 0. The second kappa shape index (κ2) is 7.52. The molecule has 1 fully saturated rings. The Kier molecular flexibility index (Phi) is 4.98. The minimum absolute atomic E-state index is 0.0161. The van der Waals surface area contributed by atoms with E-state index >= 15 is 0 Å². The van der Waals surface area contributed by atoms with Gasteiger partial charge in [0.1, 0.15) is 0 Å². The molecule has 1 aliphatic rings. The highest BCUT2D eigenvalue weighted by atomic mass is 16.6. The third-order valence-electron chi connectivity index (χ3n) is 3.97. The first-order valence-corrected chi connectivity index (χ1v) is 7.87. The lowest BCUT2D eigenvalue weighted by atomic mass is 10.1. The van der Waals surface area contributed by atoms with Crippen LogP contribution in [0.25, 0.3) is 6.08 Å². The van der Waals surface area contributed by atoms with Crippen molar-refractivity contribution in [2.75, 3.05) is 31.1 Å². The summed E-state index contributed by atoms with van der Waals surface area (Å²) in [6, 6.07) is 8.10. The molecule has 0 atom stereocenters. The van der Waals surface area contributed by atoms with E-state index in [0.717, 1.165) is 0 Å². The van der Waals surface area contributed by atoms with Gasteiger partial charge in [0.25, 0.3) is 5.69 Å². The van der Waals surface area contributed by atoms with Crippen LogP contribution in [0.4, 0.5) is 11.6 Å². The van der Waals surface area contributed by atoms with E-state index in [0.29, 0.717) is 37.7 Å². The lowest BCUT2D eigenvalue weighted by Crippen LogP contribution is -2.48. The number of carbonyl (C=O) groups excluding carboxylic acids is 1. The Morgan fingerprint density at radius 1 is 1.08 bits per heavy atom. The minimum atomic E-state index is -0.456. The first kappa shape index (κ1) is 16.6. The van der Waals surface area contributed by atoms with Crippen LogP contribution in [0.2, 0.25) is 0 Å². The molecule has 0 aliphatic carbocycles. The second-order valence-electron chi connectivity index (χ2n) is 5.51. The molecular formula is C17H17N5O3. The summed E-state index contributed by atoms with van der Waals surface area (Å²) in [6.07, 6.45) is 6.26. The van der Waals surface area contributed by atoms with Gasteiger partial charge in [0, 0.05) is 50.7 Å². The molecule has 1 aromatic heterocycles. The van der Waals surface area contributed by atoms with Crippen LogP contribution in [-0.4, -0.2) is 51.9 Å². The average Bonchev–Trinajstić information content (AvgIpc) is 2.67. The van der Waals surface area contributed by atoms with Gasteiger partial charge in [-0.25, -0.2) is 9.97 Å². The molecule has 0 radical (unpaired) electrons. The molecule has 1 saturated heterocycles. The topological polar surface area (TPSA) is 92.5 Å². The zero-order chi connectivity index (χ0) is 17.6. The SMILES string of the molecule is O=C(/C=C/c1ccccc1[N+](=O)[O-])N1CCN(c2ncccn2)CC1. The molecule has 3 rings (SSSR count). The zero-order valence-corrected chi connectivity index (χ0v) is 13.5. The molecule has 0 bridgehead atoms. The highest BCUT2D eigenvalue weighted by Crippen LogP contribution is 2.19. The second-order valence-corrected chi connectivity index (χ2v) is 5.51. The van der Waals surface area contributed by atoms with Gasteiger partial charge < -0.3 is 9.80 Å². The molecule has 8 nitrogen and oxygen atoms in total. The Bertz CT molecular complexity index is 786. The van der Waals surface area contributed by atoms with E-state index in [4.69, 9.17) is 0 Å². The van der Waals surface area contributed by atoms with Crippen LogP contribution < -0.4 is 4.90 Å². The molecular weight excluding hydrogens is 322 g/mol. The van der Waals surface area contributed by atoms with Gasteiger partial charge >= 0.3 is 0 Å². The summed E-state index contributed by atoms with van der Waals surface area (Å²) in [5, 5.41) is 11.0. The number of para-hydroxylation sites is 1. The van der Waals surface area contributed by atoms with Gasteiger partial charge in [-0.05, 0) is 18.2 Å². The number of rotatable bonds is 4. The van der Waals surface area contributed by atoms with Gasteiger partial charge in [-0.3, -0.25) is 14.9 Å². The molecule has 128 valence electrons. The smallest absolute Gasteiger partial charge is 0.276 e. The summed E-state index contributed by atoms with van der Waals surface area (Å²) in [5.41, 5.74) is 0.398. The summed E-state index contributed by atoms with van der Waals surface area (Å²) >= 11 is 0. The number of anilines is 1. The minimum Gasteiger partial charge on any atom is -0.337 e. The molecule has 0 saturated carbocycles. The largest absolute Gasteiger partial charge is 0.337 e. The Labute approximate surface area is 144 Å². The van der Waals surface area contributed by atoms with E-state index in [1.807, 2.05) is 4.90 Å². The number of aromatic nitrogens is 2. The Hall–Kier alpha value is -3.29. The number of hydrogen-bond acceptors (Lipinski definition) is 6. The van der Waals surface area contributed by atoms with Crippen molar-refractivity contribution < 1.29 is 9.72 Å². The standard InChI is InChI=1S/C17H17N5O3/c23-16(7-6-14-4-1-2-5-15(14)22(24)25)20-10-12-21(13-11-20)17-18-8-3-9-19-17/h1-9H,10-13H2/b7-6+. The summed E-state index contributed by atoms with van der Waals surface area (Å²) in [7, 11) is 0. The maximum Gasteiger partial charge on any atom is 0.276 e. The van der Waals surface area contributed by atoms with Gasteiger partial charge in [0.15, 0.2) is 0 Å². The maximum atomic E-state index is 12.3. The van der Waals surface area contributed by atoms with Crippen LogP contribution in [0.3, 0.4) is 0 Å². The molecule has 1 aromatic carbocycles. The molecule has 25 heavy (non-hydrogen) atoms. The molecule has 1 amide bonds. The summed E-state index contributed by atoms with van der Waals surface area (Å²) in [5.74, 6) is 0.497.